The van der Waals surface area contributed by atoms with Crippen molar-refractivity contribution >= 4 is 38.0 Å². The van der Waals surface area contributed by atoms with Crippen molar-refractivity contribution < 1.29 is 23.1 Å². The van der Waals surface area contributed by atoms with Gasteiger partial charge in [-0.05, 0) is 24.8 Å². The third-order valence-electron chi connectivity index (χ3n) is 4.62. The molecule has 0 aliphatic carbocycles. The summed E-state index contributed by atoms with van der Waals surface area (Å²) in [4.78, 5) is 25.8. The molecule has 3 N–H and O–H groups in total. The quantitative estimate of drug-likeness (QED) is 0.444. The van der Waals surface area contributed by atoms with Crippen molar-refractivity contribution in [3.05, 3.63) is 35.9 Å². The standard InChI is InChI=1S/C18H26BrN3O5S/c19-9-5-11-28(26,27)20-13-15-8-4-10-22(15)17(23)16(21-18(24)25)12-14-6-2-1-3-7-14/h1-3,6-7,15-16,20-21H,4-5,8-13H2,(H,24,25)/t15-,16+/m1/s1. The maximum absolute atomic E-state index is 13.0. The van der Waals surface area contributed by atoms with Gasteiger partial charge < -0.3 is 15.3 Å². The van der Waals surface area contributed by atoms with E-state index in [1.807, 2.05) is 30.3 Å². The zero-order valence-electron chi connectivity index (χ0n) is 15.5. The minimum Gasteiger partial charge on any atom is -0.465 e. The second kappa shape index (κ2) is 10.8. The molecule has 2 rings (SSSR count). The maximum Gasteiger partial charge on any atom is 0.405 e. The average Bonchev–Trinajstić information content (AvgIpc) is 3.13. The van der Waals surface area contributed by atoms with Crippen LogP contribution in [0.5, 0.6) is 0 Å². The Balaban J connectivity index is 2.04. The van der Waals surface area contributed by atoms with Gasteiger partial charge in [0.05, 0.1) is 5.75 Å². The van der Waals surface area contributed by atoms with Gasteiger partial charge in [-0.2, -0.15) is 0 Å². The summed E-state index contributed by atoms with van der Waals surface area (Å²) < 4.78 is 26.6. The van der Waals surface area contributed by atoms with Gasteiger partial charge in [-0.25, -0.2) is 17.9 Å². The molecule has 1 fully saturated rings. The van der Waals surface area contributed by atoms with E-state index < -0.39 is 22.2 Å². The SMILES string of the molecule is O=C(O)N[C@@H](Cc1ccccc1)C(=O)N1CCC[C@@H]1CNS(=O)(=O)CCCBr. The van der Waals surface area contributed by atoms with Gasteiger partial charge in [0.2, 0.25) is 15.9 Å². The van der Waals surface area contributed by atoms with Gasteiger partial charge in [-0.15, -0.1) is 0 Å². The van der Waals surface area contributed by atoms with Crippen LogP contribution in [0.25, 0.3) is 0 Å². The monoisotopic (exact) mass is 475 g/mol. The minimum absolute atomic E-state index is 0.0239. The van der Waals surface area contributed by atoms with Crippen molar-refractivity contribution in [2.45, 2.75) is 37.8 Å². The zero-order valence-corrected chi connectivity index (χ0v) is 17.9. The van der Waals surface area contributed by atoms with E-state index in [4.69, 9.17) is 5.11 Å². The molecular weight excluding hydrogens is 450 g/mol. The van der Waals surface area contributed by atoms with E-state index in [1.54, 1.807) is 4.90 Å². The highest BCUT2D eigenvalue weighted by Crippen LogP contribution is 2.19. The Kier molecular flexibility index (Phi) is 8.71. The summed E-state index contributed by atoms with van der Waals surface area (Å²) in [5.74, 6) is -0.302. The molecule has 156 valence electrons. The fourth-order valence-electron chi connectivity index (χ4n) is 3.28. The Morgan fingerprint density at radius 2 is 2.00 bits per heavy atom. The molecule has 8 nitrogen and oxygen atoms in total. The molecule has 1 aromatic rings. The van der Waals surface area contributed by atoms with Crippen LogP contribution in [0.15, 0.2) is 30.3 Å². The van der Waals surface area contributed by atoms with Crippen LogP contribution in [-0.4, -0.2) is 66.7 Å². The summed E-state index contributed by atoms with van der Waals surface area (Å²) >= 11 is 3.21. The van der Waals surface area contributed by atoms with E-state index in [1.165, 1.54) is 0 Å². The van der Waals surface area contributed by atoms with E-state index >= 15 is 0 Å². The number of carbonyl (C=O) groups excluding carboxylic acids is 1. The number of halogens is 1. The fourth-order valence-corrected chi connectivity index (χ4v) is 5.04. The smallest absolute Gasteiger partial charge is 0.405 e. The summed E-state index contributed by atoms with van der Waals surface area (Å²) in [6.07, 6.45) is 0.916. The van der Waals surface area contributed by atoms with Crippen LogP contribution in [0.2, 0.25) is 0 Å². The normalized spacial score (nSPS) is 18.0. The lowest BCUT2D eigenvalue weighted by Crippen LogP contribution is -2.52. The molecule has 0 spiro atoms. The van der Waals surface area contributed by atoms with Crippen LogP contribution in [0.1, 0.15) is 24.8 Å². The third-order valence-corrected chi connectivity index (χ3v) is 6.62. The topological polar surface area (TPSA) is 116 Å². The van der Waals surface area contributed by atoms with Crippen molar-refractivity contribution in [3.63, 3.8) is 0 Å². The van der Waals surface area contributed by atoms with E-state index in [0.717, 1.165) is 12.0 Å². The molecule has 0 saturated carbocycles. The molecule has 2 atom stereocenters. The molecule has 0 bridgehead atoms. The van der Waals surface area contributed by atoms with Crippen LogP contribution in [-0.2, 0) is 21.2 Å². The largest absolute Gasteiger partial charge is 0.465 e. The summed E-state index contributed by atoms with van der Waals surface area (Å²) in [6.45, 7) is 0.626. The number of nitrogens with one attached hydrogen (secondary N) is 2. The van der Waals surface area contributed by atoms with Gasteiger partial charge in [0.1, 0.15) is 6.04 Å². The minimum atomic E-state index is -3.40. The number of hydrogen-bond donors (Lipinski definition) is 3. The number of nitrogens with zero attached hydrogens (tertiary/aromatic N) is 1. The molecular formula is C18H26BrN3O5S. The summed E-state index contributed by atoms with van der Waals surface area (Å²) in [5.41, 5.74) is 0.848. The number of benzene rings is 1. The van der Waals surface area contributed by atoms with Gasteiger partial charge >= 0.3 is 6.09 Å². The van der Waals surface area contributed by atoms with Crippen molar-refractivity contribution in [2.24, 2.45) is 0 Å². The van der Waals surface area contributed by atoms with E-state index in [9.17, 15) is 18.0 Å². The van der Waals surface area contributed by atoms with Crippen LogP contribution in [0.4, 0.5) is 4.79 Å². The fraction of sp³-hybridized carbons (Fsp3) is 0.556. The molecule has 28 heavy (non-hydrogen) atoms. The molecule has 10 heteroatoms. The number of hydrogen-bond acceptors (Lipinski definition) is 4. The molecule has 0 aromatic heterocycles. The number of carboxylic acid groups (broad SMARTS) is 1. The highest BCUT2D eigenvalue weighted by molar-refractivity contribution is 9.09. The predicted octanol–water partition coefficient (Wildman–Crippen LogP) is 1.56. The first kappa shape index (κ1) is 22.6. The second-order valence-electron chi connectivity index (χ2n) is 6.73. The Morgan fingerprint density at radius 1 is 1.29 bits per heavy atom. The molecule has 1 aromatic carbocycles. The van der Waals surface area contributed by atoms with Crippen LogP contribution in [0, 0.1) is 0 Å². The Hall–Kier alpha value is -1.65. The van der Waals surface area contributed by atoms with Crippen LogP contribution in [0.3, 0.4) is 0 Å². The maximum atomic E-state index is 13.0. The Morgan fingerprint density at radius 3 is 2.64 bits per heavy atom. The van der Waals surface area contributed by atoms with Crippen LogP contribution < -0.4 is 10.0 Å². The second-order valence-corrected chi connectivity index (χ2v) is 9.45. The molecule has 1 aliphatic rings. The first-order valence-electron chi connectivity index (χ1n) is 9.19. The van der Waals surface area contributed by atoms with Gasteiger partial charge in [-0.3, -0.25) is 4.79 Å². The molecule has 1 aliphatic heterocycles. The molecule has 0 unspecified atom stereocenters. The first-order valence-corrected chi connectivity index (χ1v) is 12.0. The van der Waals surface area contributed by atoms with E-state index in [-0.39, 0.29) is 30.7 Å². The average molecular weight is 476 g/mol. The van der Waals surface area contributed by atoms with Crippen molar-refractivity contribution in [1.82, 2.24) is 14.9 Å². The van der Waals surface area contributed by atoms with Gasteiger partial charge in [0, 0.05) is 30.9 Å². The molecule has 1 saturated heterocycles. The van der Waals surface area contributed by atoms with Crippen LogP contribution >= 0.6 is 15.9 Å². The van der Waals surface area contributed by atoms with Crippen molar-refractivity contribution in [2.75, 3.05) is 24.2 Å². The number of sulfonamides is 1. The lowest BCUT2D eigenvalue weighted by molar-refractivity contribution is -0.134. The summed E-state index contributed by atoms with van der Waals surface area (Å²) in [6, 6.07) is 8.00. The Labute approximate surface area is 173 Å². The molecule has 2 amide bonds. The first-order chi connectivity index (χ1) is 13.3. The van der Waals surface area contributed by atoms with E-state index in [2.05, 4.69) is 26.0 Å². The highest BCUT2D eigenvalue weighted by Gasteiger charge is 2.34. The zero-order chi connectivity index (χ0) is 20.6. The third kappa shape index (κ3) is 7.06. The van der Waals surface area contributed by atoms with Gasteiger partial charge in [-0.1, -0.05) is 46.3 Å². The number of alkyl halides is 1. The molecule has 1 heterocycles. The number of likely N-dealkylation sites (tertiary alicyclic amines) is 1. The highest BCUT2D eigenvalue weighted by atomic mass is 79.9. The number of amides is 2. The van der Waals surface area contributed by atoms with Crippen molar-refractivity contribution in [1.29, 1.82) is 0 Å². The van der Waals surface area contributed by atoms with E-state index in [0.29, 0.717) is 24.7 Å². The lowest BCUT2D eigenvalue weighted by Gasteiger charge is -2.29. The molecule has 0 radical (unpaired) electrons. The number of rotatable bonds is 10. The predicted molar refractivity (Wildman–Crippen MR) is 110 cm³/mol. The van der Waals surface area contributed by atoms with Gasteiger partial charge in [0.15, 0.2) is 0 Å². The lowest BCUT2D eigenvalue weighted by atomic mass is 10.0. The summed E-state index contributed by atoms with van der Waals surface area (Å²) in [5, 5.41) is 12.0. The Bertz CT molecular complexity index is 760. The summed E-state index contributed by atoms with van der Waals surface area (Å²) in [7, 11) is -3.40. The number of carbonyl (C=O) groups is 2. The van der Waals surface area contributed by atoms with Crippen molar-refractivity contribution in [3.8, 4) is 0 Å². The van der Waals surface area contributed by atoms with Gasteiger partial charge in [0.25, 0.3) is 0 Å².